The fraction of sp³-hybridized carbons (Fsp3) is 0.381. The lowest BCUT2D eigenvalue weighted by Crippen LogP contribution is -2.30. The second kappa shape index (κ2) is 6.19. The highest BCUT2D eigenvalue weighted by atomic mass is 16.1. The maximum Gasteiger partial charge on any atom is 0.196 e. The molecule has 4 heteroatoms. The molecule has 0 amide bonds. The summed E-state index contributed by atoms with van der Waals surface area (Å²) in [6, 6.07) is 12.0. The fourth-order valence-corrected chi connectivity index (χ4v) is 4.24. The predicted octanol–water partition coefficient (Wildman–Crippen LogP) is 3.26. The molecule has 1 aliphatic carbocycles. The number of nitrogens with two attached hydrogens (primary N) is 1. The van der Waals surface area contributed by atoms with E-state index in [-0.39, 0.29) is 5.78 Å². The Morgan fingerprint density at radius 1 is 1.20 bits per heavy atom. The number of carbonyl (C=O) groups is 1. The van der Waals surface area contributed by atoms with Crippen molar-refractivity contribution in [3.63, 3.8) is 0 Å². The van der Waals surface area contributed by atoms with Gasteiger partial charge >= 0.3 is 0 Å². The number of hydrogen-bond acceptors (Lipinski definition) is 4. The van der Waals surface area contributed by atoms with E-state index in [4.69, 9.17) is 5.73 Å². The van der Waals surface area contributed by atoms with Gasteiger partial charge in [0, 0.05) is 36.6 Å². The van der Waals surface area contributed by atoms with Crippen molar-refractivity contribution < 1.29 is 4.79 Å². The zero-order valence-electron chi connectivity index (χ0n) is 15.0. The summed E-state index contributed by atoms with van der Waals surface area (Å²) in [7, 11) is 2.19. The van der Waals surface area contributed by atoms with E-state index in [1.807, 2.05) is 12.1 Å². The largest absolute Gasteiger partial charge is 0.398 e. The van der Waals surface area contributed by atoms with Crippen LogP contribution in [0.15, 0.2) is 36.4 Å². The van der Waals surface area contributed by atoms with Crippen LogP contribution in [0.5, 0.6) is 0 Å². The molecule has 1 atom stereocenters. The third-order valence-electron chi connectivity index (χ3n) is 5.58. The average molecular weight is 335 g/mol. The standard InChI is InChI=1S/C21H25N3O/c1-3-24(13-14-9-10-23(2)12-14)15-7-8-16-17-5-4-6-19(22)20(17)21(25)18(16)11-15/h4-8,11,14H,3,9-10,12-13,22H2,1-2H3/t14-/m0/s1. The van der Waals surface area contributed by atoms with Crippen LogP contribution in [0.2, 0.25) is 0 Å². The van der Waals surface area contributed by atoms with Crippen LogP contribution in [0.3, 0.4) is 0 Å². The van der Waals surface area contributed by atoms with Gasteiger partial charge in [-0.1, -0.05) is 18.2 Å². The second-order valence-electron chi connectivity index (χ2n) is 7.28. The number of hydrogen-bond donors (Lipinski definition) is 1. The Balaban J connectivity index is 1.65. The molecule has 2 N–H and O–H groups in total. The van der Waals surface area contributed by atoms with Crippen molar-refractivity contribution in [2.45, 2.75) is 13.3 Å². The first-order valence-electron chi connectivity index (χ1n) is 9.09. The van der Waals surface area contributed by atoms with E-state index in [1.165, 1.54) is 13.0 Å². The zero-order valence-corrected chi connectivity index (χ0v) is 15.0. The van der Waals surface area contributed by atoms with E-state index in [9.17, 15) is 4.79 Å². The van der Waals surface area contributed by atoms with E-state index in [0.717, 1.165) is 42.0 Å². The molecule has 4 nitrogen and oxygen atoms in total. The number of nitrogens with zero attached hydrogens (tertiary/aromatic N) is 2. The summed E-state index contributed by atoms with van der Waals surface area (Å²) in [5.74, 6) is 0.753. The Labute approximate surface area is 149 Å². The molecule has 1 saturated heterocycles. The summed E-state index contributed by atoms with van der Waals surface area (Å²) in [5, 5.41) is 0. The van der Waals surface area contributed by atoms with Gasteiger partial charge in [0.1, 0.15) is 0 Å². The number of rotatable bonds is 4. The van der Waals surface area contributed by atoms with Crippen LogP contribution in [-0.4, -0.2) is 43.9 Å². The first kappa shape index (κ1) is 16.2. The van der Waals surface area contributed by atoms with Crippen molar-refractivity contribution >= 4 is 17.2 Å². The van der Waals surface area contributed by atoms with E-state index in [2.05, 4.69) is 42.0 Å². The van der Waals surface area contributed by atoms with Gasteiger partial charge in [0.05, 0.1) is 5.56 Å². The molecule has 1 fully saturated rings. The Hall–Kier alpha value is -2.33. The van der Waals surface area contributed by atoms with Gasteiger partial charge in [-0.25, -0.2) is 0 Å². The smallest absolute Gasteiger partial charge is 0.196 e. The normalized spacial score (nSPS) is 19.1. The molecular weight excluding hydrogens is 310 g/mol. The molecule has 2 aromatic carbocycles. The van der Waals surface area contributed by atoms with Gasteiger partial charge in [0.25, 0.3) is 0 Å². The Morgan fingerprint density at radius 2 is 2.04 bits per heavy atom. The Kier molecular flexibility index (Phi) is 4.00. The molecule has 0 spiro atoms. The van der Waals surface area contributed by atoms with E-state index in [1.54, 1.807) is 6.07 Å². The van der Waals surface area contributed by atoms with Gasteiger partial charge in [-0.2, -0.15) is 0 Å². The van der Waals surface area contributed by atoms with Crippen molar-refractivity contribution in [3.8, 4) is 11.1 Å². The highest BCUT2D eigenvalue weighted by molar-refractivity contribution is 6.24. The summed E-state index contributed by atoms with van der Waals surface area (Å²) in [5.41, 5.74) is 11.2. The lowest BCUT2D eigenvalue weighted by Gasteiger charge is -2.27. The molecule has 0 unspecified atom stereocenters. The summed E-state index contributed by atoms with van der Waals surface area (Å²) in [6.45, 7) is 6.51. The summed E-state index contributed by atoms with van der Waals surface area (Å²) >= 11 is 0. The van der Waals surface area contributed by atoms with Gasteiger partial charge < -0.3 is 15.5 Å². The first-order valence-corrected chi connectivity index (χ1v) is 9.09. The highest BCUT2D eigenvalue weighted by Gasteiger charge is 2.29. The molecule has 0 saturated carbocycles. The van der Waals surface area contributed by atoms with Crippen molar-refractivity contribution in [1.82, 2.24) is 4.90 Å². The quantitative estimate of drug-likeness (QED) is 0.744. The molecule has 4 rings (SSSR count). The van der Waals surface area contributed by atoms with Gasteiger partial charge in [0.2, 0.25) is 0 Å². The maximum absolute atomic E-state index is 12.9. The number of carbonyl (C=O) groups excluding carboxylic acids is 1. The van der Waals surface area contributed by atoms with E-state index < -0.39 is 0 Å². The Morgan fingerprint density at radius 3 is 2.76 bits per heavy atom. The molecular formula is C21H25N3O. The minimum absolute atomic E-state index is 0.0570. The van der Waals surface area contributed by atoms with Crippen LogP contribution in [0.1, 0.15) is 29.3 Å². The molecule has 0 bridgehead atoms. The lowest BCUT2D eigenvalue weighted by atomic mass is 10.0. The predicted molar refractivity (Wildman–Crippen MR) is 103 cm³/mol. The molecule has 130 valence electrons. The minimum atomic E-state index is 0.0570. The number of benzene rings is 2. The average Bonchev–Trinajstić information content (AvgIpc) is 3.15. The topological polar surface area (TPSA) is 49.6 Å². The lowest BCUT2D eigenvalue weighted by molar-refractivity contribution is 0.104. The van der Waals surface area contributed by atoms with Crippen molar-refractivity contribution in [3.05, 3.63) is 47.5 Å². The Bertz CT molecular complexity index is 830. The van der Waals surface area contributed by atoms with Crippen LogP contribution in [0, 0.1) is 5.92 Å². The fourth-order valence-electron chi connectivity index (χ4n) is 4.24. The van der Waals surface area contributed by atoms with Crippen molar-refractivity contribution in [1.29, 1.82) is 0 Å². The molecule has 25 heavy (non-hydrogen) atoms. The zero-order chi connectivity index (χ0) is 17.6. The van der Waals surface area contributed by atoms with Crippen LogP contribution in [-0.2, 0) is 0 Å². The van der Waals surface area contributed by atoms with Gasteiger partial charge in [-0.3, -0.25) is 4.79 Å². The molecule has 2 aliphatic rings. The summed E-state index contributed by atoms with van der Waals surface area (Å²) < 4.78 is 0. The van der Waals surface area contributed by atoms with Crippen LogP contribution in [0.25, 0.3) is 11.1 Å². The van der Waals surface area contributed by atoms with Crippen molar-refractivity contribution in [2.24, 2.45) is 5.92 Å². The number of ketones is 1. The first-order chi connectivity index (χ1) is 12.1. The monoisotopic (exact) mass is 335 g/mol. The third kappa shape index (κ3) is 2.71. The highest BCUT2D eigenvalue weighted by Crippen LogP contribution is 2.40. The van der Waals surface area contributed by atoms with Crippen LogP contribution >= 0.6 is 0 Å². The molecule has 2 aromatic rings. The number of likely N-dealkylation sites (tertiary alicyclic amines) is 1. The maximum atomic E-state index is 12.9. The van der Waals surface area contributed by atoms with Gasteiger partial charge in [0.15, 0.2) is 5.78 Å². The number of fused-ring (bicyclic) bond motifs is 3. The van der Waals surface area contributed by atoms with Crippen LogP contribution < -0.4 is 10.6 Å². The minimum Gasteiger partial charge on any atom is -0.398 e. The molecule has 1 aliphatic heterocycles. The summed E-state index contributed by atoms with van der Waals surface area (Å²) in [6.07, 6.45) is 1.25. The molecule has 0 radical (unpaired) electrons. The number of anilines is 2. The third-order valence-corrected chi connectivity index (χ3v) is 5.58. The van der Waals surface area contributed by atoms with Gasteiger partial charge in [-0.15, -0.1) is 0 Å². The number of nitrogen functional groups attached to an aromatic ring is 1. The van der Waals surface area contributed by atoms with Crippen molar-refractivity contribution in [2.75, 3.05) is 43.9 Å². The second-order valence-corrected chi connectivity index (χ2v) is 7.28. The van der Waals surface area contributed by atoms with Crippen LogP contribution in [0.4, 0.5) is 11.4 Å². The van der Waals surface area contributed by atoms with Gasteiger partial charge in [-0.05, 0) is 62.2 Å². The van der Waals surface area contributed by atoms with E-state index in [0.29, 0.717) is 17.2 Å². The molecule has 1 heterocycles. The molecule has 0 aromatic heterocycles. The van der Waals surface area contributed by atoms with E-state index >= 15 is 0 Å². The SMILES string of the molecule is CCN(C[C@H]1CCN(C)C1)c1ccc2c(c1)C(=O)c1c(N)cccc1-2. The summed E-state index contributed by atoms with van der Waals surface area (Å²) in [4.78, 5) is 17.6.